The standard InChI is InChI=1S/C7H10ClNO/c1-3-7-6(4-8)5(2)9-10-7/h3-4H2,1-2H3. The van der Waals surface area contributed by atoms with Crippen molar-refractivity contribution < 1.29 is 4.52 Å². The normalized spacial score (nSPS) is 10.3. The van der Waals surface area contributed by atoms with Gasteiger partial charge in [0.15, 0.2) is 0 Å². The first-order valence-electron chi connectivity index (χ1n) is 3.29. The number of rotatable bonds is 2. The van der Waals surface area contributed by atoms with Gasteiger partial charge < -0.3 is 4.52 Å². The molecule has 0 fully saturated rings. The predicted molar refractivity (Wildman–Crippen MR) is 40.2 cm³/mol. The van der Waals surface area contributed by atoms with Crippen LogP contribution in [-0.4, -0.2) is 5.16 Å². The van der Waals surface area contributed by atoms with Crippen LogP contribution in [0.4, 0.5) is 0 Å². The van der Waals surface area contributed by atoms with Crippen molar-refractivity contribution in [1.29, 1.82) is 0 Å². The van der Waals surface area contributed by atoms with Gasteiger partial charge >= 0.3 is 0 Å². The molecule has 2 nitrogen and oxygen atoms in total. The van der Waals surface area contributed by atoms with E-state index in [-0.39, 0.29) is 0 Å². The number of hydrogen-bond donors (Lipinski definition) is 0. The molecule has 0 N–H and O–H groups in total. The highest BCUT2D eigenvalue weighted by atomic mass is 35.5. The summed E-state index contributed by atoms with van der Waals surface area (Å²) in [6, 6.07) is 0. The fourth-order valence-electron chi connectivity index (χ4n) is 0.885. The van der Waals surface area contributed by atoms with Crippen LogP contribution in [0, 0.1) is 6.92 Å². The van der Waals surface area contributed by atoms with Crippen LogP contribution in [0.3, 0.4) is 0 Å². The summed E-state index contributed by atoms with van der Waals surface area (Å²) in [5.74, 6) is 1.41. The van der Waals surface area contributed by atoms with E-state index in [4.69, 9.17) is 16.1 Å². The molecule has 0 saturated carbocycles. The monoisotopic (exact) mass is 159 g/mol. The number of nitrogens with zero attached hydrogens (tertiary/aromatic N) is 1. The largest absolute Gasteiger partial charge is 0.361 e. The minimum atomic E-state index is 0.499. The van der Waals surface area contributed by atoms with Crippen molar-refractivity contribution in [2.45, 2.75) is 26.1 Å². The zero-order chi connectivity index (χ0) is 7.56. The number of halogens is 1. The lowest BCUT2D eigenvalue weighted by molar-refractivity contribution is 0.382. The zero-order valence-corrected chi connectivity index (χ0v) is 6.90. The van der Waals surface area contributed by atoms with Gasteiger partial charge in [-0.2, -0.15) is 0 Å². The summed E-state index contributed by atoms with van der Waals surface area (Å²) in [4.78, 5) is 0. The van der Waals surface area contributed by atoms with Gasteiger partial charge in [-0.1, -0.05) is 12.1 Å². The number of aromatic nitrogens is 1. The second-order valence-corrected chi connectivity index (χ2v) is 2.42. The highest BCUT2D eigenvalue weighted by Crippen LogP contribution is 2.15. The molecular formula is C7H10ClNO. The molecule has 3 heteroatoms. The van der Waals surface area contributed by atoms with Gasteiger partial charge in [0.2, 0.25) is 0 Å². The quantitative estimate of drug-likeness (QED) is 0.619. The lowest BCUT2D eigenvalue weighted by Gasteiger charge is -1.90. The maximum absolute atomic E-state index is 5.66. The van der Waals surface area contributed by atoms with E-state index >= 15 is 0 Å². The van der Waals surface area contributed by atoms with Crippen molar-refractivity contribution in [3.8, 4) is 0 Å². The Morgan fingerprint density at radius 1 is 1.60 bits per heavy atom. The third kappa shape index (κ3) is 1.16. The van der Waals surface area contributed by atoms with Crippen molar-refractivity contribution in [1.82, 2.24) is 5.16 Å². The molecule has 0 bridgehead atoms. The molecule has 1 heterocycles. The number of alkyl halides is 1. The van der Waals surface area contributed by atoms with E-state index in [1.54, 1.807) is 0 Å². The molecule has 0 aliphatic rings. The molecule has 56 valence electrons. The Morgan fingerprint density at radius 3 is 2.70 bits per heavy atom. The van der Waals surface area contributed by atoms with Crippen LogP contribution in [0.5, 0.6) is 0 Å². The maximum atomic E-state index is 5.66. The van der Waals surface area contributed by atoms with Crippen molar-refractivity contribution in [2.75, 3.05) is 0 Å². The second-order valence-electron chi connectivity index (χ2n) is 2.16. The molecule has 0 amide bonds. The van der Waals surface area contributed by atoms with E-state index in [0.29, 0.717) is 5.88 Å². The van der Waals surface area contributed by atoms with E-state index in [1.165, 1.54) is 0 Å². The molecule has 0 atom stereocenters. The van der Waals surface area contributed by atoms with Gasteiger partial charge in [0.1, 0.15) is 5.76 Å². The van der Waals surface area contributed by atoms with Crippen molar-refractivity contribution in [3.05, 3.63) is 17.0 Å². The molecule has 0 aromatic carbocycles. The first kappa shape index (κ1) is 7.61. The topological polar surface area (TPSA) is 26.0 Å². The molecule has 1 aromatic rings. The third-order valence-electron chi connectivity index (χ3n) is 1.52. The lowest BCUT2D eigenvalue weighted by Crippen LogP contribution is -1.84. The predicted octanol–water partition coefficient (Wildman–Crippen LogP) is 2.28. The van der Waals surface area contributed by atoms with E-state index in [1.807, 2.05) is 13.8 Å². The van der Waals surface area contributed by atoms with Gasteiger partial charge in [0, 0.05) is 12.0 Å². The number of aryl methyl sites for hydroxylation is 2. The molecule has 0 saturated heterocycles. The summed E-state index contributed by atoms with van der Waals surface area (Å²) in [5.41, 5.74) is 1.95. The van der Waals surface area contributed by atoms with Gasteiger partial charge in [-0.3, -0.25) is 0 Å². The van der Waals surface area contributed by atoms with Crippen LogP contribution in [0.2, 0.25) is 0 Å². The summed E-state index contributed by atoms with van der Waals surface area (Å²) >= 11 is 5.66. The minimum Gasteiger partial charge on any atom is -0.361 e. The summed E-state index contributed by atoms with van der Waals surface area (Å²) < 4.78 is 5.00. The smallest absolute Gasteiger partial charge is 0.141 e. The Bertz CT molecular complexity index is 219. The van der Waals surface area contributed by atoms with Crippen LogP contribution in [-0.2, 0) is 12.3 Å². The van der Waals surface area contributed by atoms with E-state index in [9.17, 15) is 0 Å². The summed E-state index contributed by atoms with van der Waals surface area (Å²) in [5, 5.41) is 3.80. The SMILES string of the molecule is CCc1onc(C)c1CCl. The van der Waals surface area contributed by atoms with Crippen LogP contribution >= 0.6 is 11.6 Å². The Morgan fingerprint density at radius 2 is 2.30 bits per heavy atom. The highest BCUT2D eigenvalue weighted by Gasteiger charge is 2.08. The van der Waals surface area contributed by atoms with Crippen LogP contribution in [0.1, 0.15) is 23.9 Å². The molecule has 1 aromatic heterocycles. The fourth-order valence-corrected chi connectivity index (χ4v) is 1.23. The molecule has 1 rings (SSSR count). The second kappa shape index (κ2) is 3.06. The van der Waals surface area contributed by atoms with E-state index < -0.39 is 0 Å². The zero-order valence-electron chi connectivity index (χ0n) is 6.15. The number of hydrogen-bond acceptors (Lipinski definition) is 2. The van der Waals surface area contributed by atoms with Gasteiger partial charge in [-0.25, -0.2) is 0 Å². The Kier molecular flexibility index (Phi) is 2.33. The van der Waals surface area contributed by atoms with Crippen molar-refractivity contribution in [2.24, 2.45) is 0 Å². The van der Waals surface area contributed by atoms with E-state index in [2.05, 4.69) is 5.16 Å². The average molecular weight is 160 g/mol. The van der Waals surface area contributed by atoms with Crippen molar-refractivity contribution in [3.63, 3.8) is 0 Å². The van der Waals surface area contributed by atoms with Crippen LogP contribution < -0.4 is 0 Å². The first-order chi connectivity index (χ1) is 4.79. The molecule has 10 heavy (non-hydrogen) atoms. The van der Waals surface area contributed by atoms with Gasteiger partial charge in [0.05, 0.1) is 11.6 Å². The maximum Gasteiger partial charge on any atom is 0.141 e. The van der Waals surface area contributed by atoms with Gasteiger partial charge in [-0.05, 0) is 6.92 Å². The molecule has 0 aliphatic heterocycles. The molecule has 0 spiro atoms. The molecular weight excluding hydrogens is 150 g/mol. The lowest BCUT2D eigenvalue weighted by atomic mass is 10.2. The summed E-state index contributed by atoms with van der Waals surface area (Å²) in [6.07, 6.45) is 0.864. The fraction of sp³-hybridized carbons (Fsp3) is 0.571. The third-order valence-corrected chi connectivity index (χ3v) is 1.79. The van der Waals surface area contributed by atoms with Crippen LogP contribution in [0.25, 0.3) is 0 Å². The van der Waals surface area contributed by atoms with Gasteiger partial charge in [0.25, 0.3) is 0 Å². The van der Waals surface area contributed by atoms with Gasteiger partial charge in [-0.15, -0.1) is 11.6 Å². The van der Waals surface area contributed by atoms with Crippen LogP contribution in [0.15, 0.2) is 4.52 Å². The van der Waals surface area contributed by atoms with E-state index in [0.717, 1.165) is 23.4 Å². The molecule has 0 radical (unpaired) electrons. The summed E-state index contributed by atoms with van der Waals surface area (Å²) in [6.45, 7) is 3.93. The Labute approximate surface area is 65.2 Å². The molecule has 0 aliphatic carbocycles. The summed E-state index contributed by atoms with van der Waals surface area (Å²) in [7, 11) is 0. The van der Waals surface area contributed by atoms with Crippen molar-refractivity contribution >= 4 is 11.6 Å². The minimum absolute atomic E-state index is 0.499. The highest BCUT2D eigenvalue weighted by molar-refractivity contribution is 6.17. The Hall–Kier alpha value is -0.500. The molecule has 0 unspecified atom stereocenters. The Balaban J connectivity index is 3.01. The first-order valence-corrected chi connectivity index (χ1v) is 3.83. The average Bonchev–Trinajstić information content (AvgIpc) is 2.30.